The van der Waals surface area contributed by atoms with Gasteiger partial charge in [0, 0.05) is 0 Å². The quantitative estimate of drug-likeness (QED) is 0.488. The van der Waals surface area contributed by atoms with Crippen LogP contribution >= 0.6 is 0 Å². The van der Waals surface area contributed by atoms with E-state index in [4.69, 9.17) is 14.2 Å². The highest BCUT2D eigenvalue weighted by atomic mass is 16.6. The van der Waals surface area contributed by atoms with Gasteiger partial charge in [0.1, 0.15) is 6.10 Å². The summed E-state index contributed by atoms with van der Waals surface area (Å²) in [6.45, 7) is 10.3. The maximum Gasteiger partial charge on any atom is 0.339 e. The molecule has 0 aromatic heterocycles. The van der Waals surface area contributed by atoms with Crippen molar-refractivity contribution in [3.05, 3.63) is 35.4 Å². The van der Waals surface area contributed by atoms with Gasteiger partial charge in [0.15, 0.2) is 0 Å². The van der Waals surface area contributed by atoms with E-state index < -0.39 is 18.0 Å². The molecule has 0 radical (unpaired) electrons. The molecule has 0 N–H and O–H groups in total. The summed E-state index contributed by atoms with van der Waals surface area (Å²) >= 11 is 0. The molecule has 0 saturated carbocycles. The van der Waals surface area contributed by atoms with Gasteiger partial charge in [0.2, 0.25) is 0 Å². The van der Waals surface area contributed by atoms with Crippen LogP contribution in [0.5, 0.6) is 0 Å². The van der Waals surface area contributed by atoms with Crippen molar-refractivity contribution in [3.8, 4) is 0 Å². The van der Waals surface area contributed by atoms with Crippen molar-refractivity contribution in [2.75, 3.05) is 13.2 Å². The van der Waals surface area contributed by atoms with Crippen LogP contribution in [0.25, 0.3) is 0 Å². The molecule has 1 rings (SSSR count). The Labute approximate surface area is 150 Å². The Morgan fingerprint density at radius 1 is 1.04 bits per heavy atom. The van der Waals surface area contributed by atoms with Crippen molar-refractivity contribution in [1.29, 1.82) is 0 Å². The second-order valence-corrected chi connectivity index (χ2v) is 7.03. The molecule has 5 nitrogen and oxygen atoms in total. The van der Waals surface area contributed by atoms with Crippen LogP contribution in [0.1, 0.15) is 74.6 Å². The second-order valence-electron chi connectivity index (χ2n) is 7.03. The monoisotopic (exact) mass is 350 g/mol. The van der Waals surface area contributed by atoms with Gasteiger partial charge < -0.3 is 14.2 Å². The van der Waals surface area contributed by atoms with Gasteiger partial charge in [-0.05, 0) is 46.2 Å². The third-order valence-electron chi connectivity index (χ3n) is 3.41. The molecule has 1 unspecified atom stereocenters. The van der Waals surface area contributed by atoms with Crippen LogP contribution in [-0.4, -0.2) is 36.9 Å². The van der Waals surface area contributed by atoms with E-state index >= 15 is 0 Å². The van der Waals surface area contributed by atoms with Crippen molar-refractivity contribution in [1.82, 2.24) is 0 Å². The number of carbonyl (C=O) groups excluding carboxylic acids is 2. The summed E-state index contributed by atoms with van der Waals surface area (Å²) in [6, 6.07) is 6.55. The number of carbonyl (C=O) groups is 2. The van der Waals surface area contributed by atoms with E-state index in [0.717, 1.165) is 19.3 Å². The highest BCUT2D eigenvalue weighted by Gasteiger charge is 2.21. The molecule has 0 aliphatic rings. The number of hydrogen-bond donors (Lipinski definition) is 0. The molecule has 0 bridgehead atoms. The lowest BCUT2D eigenvalue weighted by atomic mass is 10.1. The fourth-order valence-electron chi connectivity index (χ4n) is 2.08. The van der Waals surface area contributed by atoms with Crippen LogP contribution in [0.2, 0.25) is 0 Å². The Bertz CT molecular complexity index is 559. The molecule has 5 heteroatoms. The molecular formula is C20H30O5. The van der Waals surface area contributed by atoms with E-state index in [1.165, 1.54) is 0 Å². The van der Waals surface area contributed by atoms with E-state index in [0.29, 0.717) is 13.2 Å². The first-order chi connectivity index (χ1) is 11.7. The summed E-state index contributed by atoms with van der Waals surface area (Å²) in [5.74, 6) is -1.05. The van der Waals surface area contributed by atoms with E-state index in [9.17, 15) is 9.59 Å². The predicted octanol–water partition coefficient (Wildman–Crippen LogP) is 4.39. The topological polar surface area (TPSA) is 61.8 Å². The standard InChI is InChI=1S/C20H30O5/c1-6-7-10-13-23-18(21)16-11-8-9-12-17(16)19(22)25-15(2)14-24-20(3,4)5/h8-9,11-12,15H,6-7,10,13-14H2,1-5H3. The van der Waals surface area contributed by atoms with Crippen molar-refractivity contribution < 1.29 is 23.8 Å². The lowest BCUT2D eigenvalue weighted by molar-refractivity contribution is -0.0531. The normalized spacial score (nSPS) is 12.5. The first-order valence-electron chi connectivity index (χ1n) is 8.85. The van der Waals surface area contributed by atoms with Crippen LogP contribution in [0.3, 0.4) is 0 Å². The predicted molar refractivity (Wildman–Crippen MR) is 96.8 cm³/mol. The highest BCUT2D eigenvalue weighted by Crippen LogP contribution is 2.15. The number of hydrogen-bond acceptors (Lipinski definition) is 5. The zero-order valence-corrected chi connectivity index (χ0v) is 16.0. The summed E-state index contributed by atoms with van der Waals surface area (Å²) in [7, 11) is 0. The molecular weight excluding hydrogens is 320 g/mol. The number of esters is 2. The Morgan fingerprint density at radius 3 is 2.20 bits per heavy atom. The number of rotatable bonds is 9. The molecule has 0 saturated heterocycles. The number of benzene rings is 1. The third kappa shape index (κ3) is 8.16. The minimum atomic E-state index is -0.550. The zero-order chi connectivity index (χ0) is 18.9. The van der Waals surface area contributed by atoms with Crippen molar-refractivity contribution >= 4 is 11.9 Å². The van der Waals surface area contributed by atoms with E-state index in [2.05, 4.69) is 6.92 Å². The number of unbranched alkanes of at least 4 members (excludes halogenated alkanes) is 2. The Hall–Kier alpha value is -1.88. The van der Waals surface area contributed by atoms with Gasteiger partial charge in [-0.25, -0.2) is 9.59 Å². The van der Waals surface area contributed by atoms with Gasteiger partial charge in [0.05, 0.1) is 29.9 Å². The Kier molecular flexibility index (Phi) is 8.62. The average Bonchev–Trinajstić information content (AvgIpc) is 2.56. The molecule has 140 valence electrons. The van der Waals surface area contributed by atoms with Crippen molar-refractivity contribution in [3.63, 3.8) is 0 Å². The van der Waals surface area contributed by atoms with Crippen LogP contribution < -0.4 is 0 Å². The molecule has 0 heterocycles. The molecule has 1 aromatic carbocycles. The lowest BCUT2D eigenvalue weighted by Crippen LogP contribution is -2.28. The van der Waals surface area contributed by atoms with Crippen LogP contribution in [0, 0.1) is 0 Å². The summed E-state index contributed by atoms with van der Waals surface area (Å²) in [5.41, 5.74) is 0.138. The lowest BCUT2D eigenvalue weighted by Gasteiger charge is -2.22. The summed E-state index contributed by atoms with van der Waals surface area (Å²) in [6.07, 6.45) is 2.45. The van der Waals surface area contributed by atoms with Gasteiger partial charge in [-0.15, -0.1) is 0 Å². The SMILES string of the molecule is CCCCCOC(=O)c1ccccc1C(=O)OC(C)COC(C)(C)C. The fourth-order valence-corrected chi connectivity index (χ4v) is 2.08. The van der Waals surface area contributed by atoms with Crippen LogP contribution in [0.15, 0.2) is 24.3 Å². The van der Waals surface area contributed by atoms with Crippen molar-refractivity contribution in [2.24, 2.45) is 0 Å². The van der Waals surface area contributed by atoms with E-state index in [1.54, 1.807) is 31.2 Å². The maximum atomic E-state index is 12.4. The Balaban J connectivity index is 2.68. The van der Waals surface area contributed by atoms with E-state index in [-0.39, 0.29) is 16.7 Å². The summed E-state index contributed by atoms with van der Waals surface area (Å²) < 4.78 is 16.3. The zero-order valence-electron chi connectivity index (χ0n) is 16.0. The first-order valence-corrected chi connectivity index (χ1v) is 8.85. The first kappa shape index (κ1) is 21.2. The fraction of sp³-hybridized carbons (Fsp3) is 0.600. The highest BCUT2D eigenvalue weighted by molar-refractivity contribution is 6.03. The minimum Gasteiger partial charge on any atom is -0.462 e. The van der Waals surface area contributed by atoms with Crippen LogP contribution in [-0.2, 0) is 14.2 Å². The smallest absolute Gasteiger partial charge is 0.339 e. The molecule has 0 aliphatic carbocycles. The minimum absolute atomic E-state index is 0.214. The molecule has 0 aliphatic heterocycles. The molecule has 0 amide bonds. The Morgan fingerprint density at radius 2 is 1.64 bits per heavy atom. The van der Waals surface area contributed by atoms with E-state index in [1.807, 2.05) is 20.8 Å². The average molecular weight is 350 g/mol. The molecule has 1 atom stereocenters. The summed E-state index contributed by atoms with van der Waals surface area (Å²) in [4.78, 5) is 24.6. The third-order valence-corrected chi connectivity index (χ3v) is 3.41. The van der Waals surface area contributed by atoms with Gasteiger partial charge >= 0.3 is 11.9 Å². The van der Waals surface area contributed by atoms with Gasteiger partial charge in [-0.3, -0.25) is 0 Å². The molecule has 0 fully saturated rings. The number of ether oxygens (including phenoxy) is 3. The molecule has 1 aromatic rings. The van der Waals surface area contributed by atoms with Gasteiger partial charge in [-0.2, -0.15) is 0 Å². The van der Waals surface area contributed by atoms with Gasteiger partial charge in [0.25, 0.3) is 0 Å². The van der Waals surface area contributed by atoms with Crippen molar-refractivity contribution in [2.45, 2.75) is 65.6 Å². The van der Waals surface area contributed by atoms with Crippen LogP contribution in [0.4, 0.5) is 0 Å². The summed E-state index contributed by atoms with van der Waals surface area (Å²) in [5, 5.41) is 0. The largest absolute Gasteiger partial charge is 0.462 e. The molecule has 0 spiro atoms. The maximum absolute atomic E-state index is 12.4. The second kappa shape index (κ2) is 10.2. The molecule has 25 heavy (non-hydrogen) atoms. The van der Waals surface area contributed by atoms with Gasteiger partial charge in [-0.1, -0.05) is 31.9 Å².